The number of nitrogens with one attached hydrogen (secondary N) is 1. The van der Waals surface area contributed by atoms with Crippen molar-refractivity contribution in [3.63, 3.8) is 0 Å². The second kappa shape index (κ2) is 6.47. The number of nitriles is 1. The predicted octanol–water partition coefficient (Wildman–Crippen LogP) is 4.13. The molecule has 0 radical (unpaired) electrons. The Bertz CT molecular complexity index is 735. The first kappa shape index (κ1) is 16.5. The van der Waals surface area contributed by atoms with E-state index in [0.717, 1.165) is 10.6 Å². The largest absolute Gasteiger partial charge is 0.332 e. The standard InChI is InChI=1S/C16H16ClN3OS/c1-10(2)16(3,9-18)20-14(21)13-8-22-15(19-13)11-5-4-6-12(17)7-11/h4-8,10H,1-3H3,(H,20,21). The molecule has 0 aliphatic heterocycles. The molecule has 0 saturated carbocycles. The van der Waals surface area contributed by atoms with Crippen molar-refractivity contribution in [3.8, 4) is 16.6 Å². The third-order valence-corrected chi connectivity index (χ3v) is 4.70. The molecule has 1 N–H and O–H groups in total. The summed E-state index contributed by atoms with van der Waals surface area (Å²) in [7, 11) is 0. The lowest BCUT2D eigenvalue weighted by atomic mass is 9.90. The highest BCUT2D eigenvalue weighted by Gasteiger charge is 2.31. The zero-order chi connectivity index (χ0) is 16.3. The molecule has 1 heterocycles. The number of carbonyl (C=O) groups excluding carboxylic acids is 1. The highest BCUT2D eigenvalue weighted by molar-refractivity contribution is 7.13. The number of benzene rings is 1. The van der Waals surface area contributed by atoms with Crippen molar-refractivity contribution in [3.05, 3.63) is 40.4 Å². The van der Waals surface area contributed by atoms with Gasteiger partial charge in [-0.1, -0.05) is 37.6 Å². The van der Waals surface area contributed by atoms with Crippen LogP contribution in [0.5, 0.6) is 0 Å². The Labute approximate surface area is 138 Å². The molecule has 1 aromatic carbocycles. The Morgan fingerprint density at radius 3 is 2.82 bits per heavy atom. The number of thiazole rings is 1. The van der Waals surface area contributed by atoms with Gasteiger partial charge in [0.1, 0.15) is 16.2 Å². The van der Waals surface area contributed by atoms with Crippen LogP contribution in [0.2, 0.25) is 5.02 Å². The van der Waals surface area contributed by atoms with Crippen LogP contribution in [0.1, 0.15) is 31.3 Å². The van der Waals surface area contributed by atoms with Gasteiger partial charge in [-0.05, 0) is 25.0 Å². The van der Waals surface area contributed by atoms with Gasteiger partial charge in [-0.3, -0.25) is 4.79 Å². The first-order chi connectivity index (χ1) is 10.4. The van der Waals surface area contributed by atoms with Crippen LogP contribution in [0.3, 0.4) is 0 Å². The smallest absolute Gasteiger partial charge is 0.272 e. The minimum Gasteiger partial charge on any atom is -0.332 e. The fourth-order valence-electron chi connectivity index (χ4n) is 1.73. The van der Waals surface area contributed by atoms with Crippen LogP contribution >= 0.6 is 22.9 Å². The van der Waals surface area contributed by atoms with Crippen LogP contribution in [-0.4, -0.2) is 16.4 Å². The molecular weight excluding hydrogens is 318 g/mol. The molecule has 0 aliphatic rings. The molecule has 0 bridgehead atoms. The van der Waals surface area contributed by atoms with Crippen LogP contribution in [0, 0.1) is 17.2 Å². The van der Waals surface area contributed by atoms with Crippen molar-refractivity contribution in [2.45, 2.75) is 26.3 Å². The quantitative estimate of drug-likeness (QED) is 0.914. The summed E-state index contributed by atoms with van der Waals surface area (Å²) in [5, 5.41) is 15.0. The molecule has 22 heavy (non-hydrogen) atoms. The van der Waals surface area contributed by atoms with E-state index in [4.69, 9.17) is 11.6 Å². The average molecular weight is 334 g/mol. The van der Waals surface area contributed by atoms with Gasteiger partial charge in [0.2, 0.25) is 0 Å². The number of hydrogen-bond donors (Lipinski definition) is 1. The van der Waals surface area contributed by atoms with E-state index < -0.39 is 5.54 Å². The molecule has 1 amide bonds. The molecule has 114 valence electrons. The molecular formula is C16H16ClN3OS. The summed E-state index contributed by atoms with van der Waals surface area (Å²) in [5.74, 6) is -0.352. The monoisotopic (exact) mass is 333 g/mol. The van der Waals surface area contributed by atoms with E-state index in [0.29, 0.717) is 10.7 Å². The van der Waals surface area contributed by atoms with Gasteiger partial charge in [0.15, 0.2) is 0 Å². The normalized spacial score (nSPS) is 13.5. The zero-order valence-corrected chi connectivity index (χ0v) is 14.1. The van der Waals surface area contributed by atoms with Crippen molar-refractivity contribution < 1.29 is 4.79 Å². The SMILES string of the molecule is CC(C)C(C)(C#N)NC(=O)c1csc(-c2cccc(Cl)c2)n1. The number of nitrogens with zero attached hydrogens (tertiary/aromatic N) is 2. The predicted molar refractivity (Wildman–Crippen MR) is 88.9 cm³/mol. The highest BCUT2D eigenvalue weighted by Crippen LogP contribution is 2.26. The Morgan fingerprint density at radius 2 is 2.23 bits per heavy atom. The molecule has 2 rings (SSSR count). The molecule has 2 aromatic rings. The lowest BCUT2D eigenvalue weighted by molar-refractivity contribution is 0.0903. The Hall–Kier alpha value is -1.90. The number of amides is 1. The van der Waals surface area contributed by atoms with Crippen molar-refractivity contribution in [1.82, 2.24) is 10.3 Å². The molecule has 1 atom stereocenters. The fraction of sp³-hybridized carbons (Fsp3) is 0.312. The van der Waals surface area contributed by atoms with Crippen LogP contribution in [-0.2, 0) is 0 Å². The number of halogens is 1. The lowest BCUT2D eigenvalue weighted by Gasteiger charge is -2.26. The van der Waals surface area contributed by atoms with Gasteiger partial charge >= 0.3 is 0 Å². The molecule has 4 nitrogen and oxygen atoms in total. The first-order valence-electron chi connectivity index (χ1n) is 6.81. The van der Waals surface area contributed by atoms with E-state index in [9.17, 15) is 10.1 Å². The average Bonchev–Trinajstić information content (AvgIpc) is 2.97. The van der Waals surface area contributed by atoms with Gasteiger partial charge < -0.3 is 5.32 Å². The Balaban J connectivity index is 2.22. The van der Waals surface area contributed by atoms with E-state index in [1.807, 2.05) is 26.0 Å². The minimum absolute atomic E-state index is 0.00696. The summed E-state index contributed by atoms with van der Waals surface area (Å²) < 4.78 is 0. The minimum atomic E-state index is -0.920. The lowest BCUT2D eigenvalue weighted by Crippen LogP contribution is -2.48. The summed E-state index contributed by atoms with van der Waals surface area (Å²) in [6, 6.07) is 9.46. The van der Waals surface area contributed by atoms with Crippen LogP contribution in [0.15, 0.2) is 29.6 Å². The second-order valence-corrected chi connectivity index (χ2v) is 6.77. The molecule has 6 heteroatoms. The zero-order valence-electron chi connectivity index (χ0n) is 12.6. The third-order valence-electron chi connectivity index (χ3n) is 3.57. The number of carbonyl (C=O) groups is 1. The summed E-state index contributed by atoms with van der Waals surface area (Å²) in [5.41, 5.74) is 0.252. The number of aromatic nitrogens is 1. The van der Waals surface area contributed by atoms with Crippen molar-refractivity contribution >= 4 is 28.8 Å². The van der Waals surface area contributed by atoms with Gasteiger partial charge in [-0.15, -0.1) is 11.3 Å². The van der Waals surface area contributed by atoms with Crippen LogP contribution < -0.4 is 5.32 Å². The van der Waals surface area contributed by atoms with Crippen molar-refractivity contribution in [2.24, 2.45) is 5.92 Å². The highest BCUT2D eigenvalue weighted by atomic mass is 35.5. The maximum absolute atomic E-state index is 12.3. The van der Waals surface area contributed by atoms with Gasteiger partial charge in [0.05, 0.1) is 6.07 Å². The summed E-state index contributed by atoms with van der Waals surface area (Å²) in [4.78, 5) is 16.6. The second-order valence-electron chi connectivity index (χ2n) is 5.47. The number of rotatable bonds is 4. The van der Waals surface area contributed by atoms with E-state index in [1.54, 1.807) is 24.4 Å². The molecule has 0 saturated heterocycles. The van der Waals surface area contributed by atoms with E-state index in [1.165, 1.54) is 11.3 Å². The van der Waals surface area contributed by atoms with Crippen LogP contribution in [0.25, 0.3) is 10.6 Å². The molecule has 0 spiro atoms. The Morgan fingerprint density at radius 1 is 1.50 bits per heavy atom. The van der Waals surface area contributed by atoms with Gasteiger partial charge in [0.25, 0.3) is 5.91 Å². The summed E-state index contributed by atoms with van der Waals surface area (Å²) in [6.45, 7) is 5.49. The number of hydrogen-bond acceptors (Lipinski definition) is 4. The van der Waals surface area contributed by atoms with Gasteiger partial charge in [-0.25, -0.2) is 4.98 Å². The molecule has 1 unspecified atom stereocenters. The summed E-state index contributed by atoms with van der Waals surface area (Å²) in [6.07, 6.45) is 0. The van der Waals surface area contributed by atoms with E-state index in [-0.39, 0.29) is 11.8 Å². The van der Waals surface area contributed by atoms with Gasteiger partial charge in [-0.2, -0.15) is 5.26 Å². The fourth-order valence-corrected chi connectivity index (χ4v) is 2.72. The topological polar surface area (TPSA) is 65.8 Å². The molecule has 1 aromatic heterocycles. The molecule has 0 fully saturated rings. The van der Waals surface area contributed by atoms with Crippen molar-refractivity contribution in [2.75, 3.05) is 0 Å². The van der Waals surface area contributed by atoms with Crippen LogP contribution in [0.4, 0.5) is 0 Å². The van der Waals surface area contributed by atoms with Crippen molar-refractivity contribution in [1.29, 1.82) is 5.26 Å². The van der Waals surface area contributed by atoms with Gasteiger partial charge in [0, 0.05) is 16.0 Å². The third kappa shape index (κ3) is 3.46. The maximum atomic E-state index is 12.3. The first-order valence-corrected chi connectivity index (χ1v) is 8.06. The maximum Gasteiger partial charge on any atom is 0.272 e. The molecule has 0 aliphatic carbocycles. The summed E-state index contributed by atoms with van der Waals surface area (Å²) >= 11 is 7.33. The van der Waals surface area contributed by atoms with E-state index >= 15 is 0 Å². The van der Waals surface area contributed by atoms with E-state index in [2.05, 4.69) is 16.4 Å². The Kier molecular flexibility index (Phi) is 4.84.